The number of ketones is 1. The number of hydrogen-bond donors (Lipinski definition) is 1. The number of carboxylic acid groups (broad SMARTS) is 1. The summed E-state index contributed by atoms with van der Waals surface area (Å²) < 4.78 is 14.3. The van der Waals surface area contributed by atoms with E-state index in [4.69, 9.17) is 5.11 Å². The average molecular weight is 306 g/mol. The van der Waals surface area contributed by atoms with Gasteiger partial charge in [-0.15, -0.1) is 0 Å². The van der Waals surface area contributed by atoms with Crippen LogP contribution in [0, 0.1) is 17.7 Å². The van der Waals surface area contributed by atoms with Gasteiger partial charge in [0.25, 0.3) is 0 Å². The van der Waals surface area contributed by atoms with Crippen molar-refractivity contribution in [3.63, 3.8) is 0 Å². The Morgan fingerprint density at radius 1 is 1.23 bits per heavy atom. The second-order valence-electron chi connectivity index (χ2n) is 6.57. The van der Waals surface area contributed by atoms with Gasteiger partial charge in [0.2, 0.25) is 0 Å². The molecule has 1 aromatic rings. The highest BCUT2D eigenvalue weighted by atomic mass is 19.1. The van der Waals surface area contributed by atoms with Gasteiger partial charge in [-0.3, -0.25) is 9.59 Å². The summed E-state index contributed by atoms with van der Waals surface area (Å²) in [4.78, 5) is 22.6. The maximum atomic E-state index is 14.3. The lowest BCUT2D eigenvalue weighted by Gasteiger charge is -2.28. The van der Waals surface area contributed by atoms with Crippen LogP contribution in [0.15, 0.2) is 18.2 Å². The van der Waals surface area contributed by atoms with Crippen molar-refractivity contribution in [2.24, 2.45) is 11.8 Å². The van der Waals surface area contributed by atoms with Crippen LogP contribution in [0.2, 0.25) is 0 Å². The Kier molecular flexibility index (Phi) is 5.33. The molecule has 1 saturated carbocycles. The van der Waals surface area contributed by atoms with Crippen LogP contribution in [0.1, 0.15) is 67.8 Å². The van der Waals surface area contributed by atoms with E-state index >= 15 is 0 Å². The van der Waals surface area contributed by atoms with Crippen LogP contribution in [0.4, 0.5) is 4.39 Å². The van der Waals surface area contributed by atoms with Gasteiger partial charge in [0.05, 0.1) is 0 Å². The molecule has 1 fully saturated rings. The van der Waals surface area contributed by atoms with Crippen LogP contribution in [0.25, 0.3) is 0 Å². The molecule has 0 spiro atoms. The van der Waals surface area contributed by atoms with Crippen molar-refractivity contribution < 1.29 is 19.1 Å². The molecule has 120 valence electrons. The van der Waals surface area contributed by atoms with Crippen molar-refractivity contribution in [1.82, 2.24) is 0 Å². The molecule has 3 nitrogen and oxygen atoms in total. The monoisotopic (exact) mass is 306 g/mol. The molecular formula is C18H23FO3. The van der Waals surface area contributed by atoms with E-state index < -0.39 is 5.97 Å². The maximum Gasteiger partial charge on any atom is 0.303 e. The summed E-state index contributed by atoms with van der Waals surface area (Å²) in [6, 6.07) is 4.79. The van der Waals surface area contributed by atoms with Gasteiger partial charge < -0.3 is 5.11 Å². The molecule has 1 aliphatic carbocycles. The molecule has 0 heterocycles. The van der Waals surface area contributed by atoms with E-state index in [9.17, 15) is 14.0 Å². The molecule has 1 N–H and O–H groups in total. The summed E-state index contributed by atoms with van der Waals surface area (Å²) in [5.74, 6) is -0.918. The molecule has 0 bridgehead atoms. The number of carbonyl (C=O) groups is 2. The largest absolute Gasteiger partial charge is 0.481 e. The third-order valence-corrected chi connectivity index (χ3v) is 4.56. The lowest BCUT2D eigenvalue weighted by Crippen LogP contribution is -2.17. The molecule has 0 aliphatic heterocycles. The predicted octanol–water partition coefficient (Wildman–Crippen LogP) is 4.41. The number of Topliss-reactive ketones (excluding diaryl/α,β-unsaturated/α-hetero) is 1. The standard InChI is InChI=1S/C18H23FO3/c1-11(2)18(22)14-7-8-15(16(19)10-14)13-5-3-12(4-6-13)9-17(20)21/h7-8,10-13H,3-6,9H2,1-2H3,(H,20,21)/t12-,13-. The van der Waals surface area contributed by atoms with E-state index in [-0.39, 0.29) is 35.8 Å². The molecule has 0 atom stereocenters. The minimum Gasteiger partial charge on any atom is -0.481 e. The second kappa shape index (κ2) is 7.03. The van der Waals surface area contributed by atoms with Crippen molar-refractivity contribution in [3.05, 3.63) is 35.1 Å². The van der Waals surface area contributed by atoms with Gasteiger partial charge in [-0.2, -0.15) is 0 Å². The SMILES string of the molecule is CC(C)C(=O)c1ccc([C@H]2CC[C@H](CC(=O)O)CC2)c(F)c1. The number of benzene rings is 1. The van der Waals surface area contributed by atoms with Crippen LogP contribution in [0.5, 0.6) is 0 Å². The highest BCUT2D eigenvalue weighted by molar-refractivity contribution is 5.97. The van der Waals surface area contributed by atoms with Crippen LogP contribution in [-0.2, 0) is 4.79 Å². The molecule has 2 rings (SSSR count). The molecule has 4 heteroatoms. The lowest BCUT2D eigenvalue weighted by molar-refractivity contribution is -0.138. The van der Waals surface area contributed by atoms with Crippen molar-refractivity contribution in [2.45, 2.75) is 51.9 Å². The summed E-state index contributed by atoms with van der Waals surface area (Å²) in [6.45, 7) is 3.61. The fraction of sp³-hybridized carbons (Fsp3) is 0.556. The van der Waals surface area contributed by atoms with Gasteiger partial charge in [0.1, 0.15) is 5.82 Å². The van der Waals surface area contributed by atoms with Crippen LogP contribution in [-0.4, -0.2) is 16.9 Å². The molecular weight excluding hydrogens is 283 g/mol. The van der Waals surface area contributed by atoms with E-state index in [1.165, 1.54) is 6.07 Å². The summed E-state index contributed by atoms with van der Waals surface area (Å²) in [6.07, 6.45) is 3.47. The molecule has 1 aliphatic rings. The Hall–Kier alpha value is -1.71. The Labute approximate surface area is 130 Å². The summed E-state index contributed by atoms with van der Waals surface area (Å²) in [5, 5.41) is 8.83. The number of carboxylic acids is 1. The molecule has 0 radical (unpaired) electrons. The number of aliphatic carboxylic acids is 1. The van der Waals surface area contributed by atoms with E-state index in [2.05, 4.69) is 0 Å². The van der Waals surface area contributed by atoms with Crippen molar-refractivity contribution in [1.29, 1.82) is 0 Å². The summed E-state index contributed by atoms with van der Waals surface area (Å²) in [7, 11) is 0. The van der Waals surface area contributed by atoms with Crippen LogP contribution < -0.4 is 0 Å². The summed E-state index contributed by atoms with van der Waals surface area (Å²) >= 11 is 0. The number of halogens is 1. The third kappa shape index (κ3) is 3.93. The van der Waals surface area contributed by atoms with Gasteiger partial charge in [0.15, 0.2) is 5.78 Å². The Balaban J connectivity index is 2.05. The van der Waals surface area contributed by atoms with Crippen LogP contribution in [0.3, 0.4) is 0 Å². The maximum absolute atomic E-state index is 14.3. The van der Waals surface area contributed by atoms with E-state index in [0.717, 1.165) is 25.7 Å². The second-order valence-corrected chi connectivity index (χ2v) is 6.57. The number of hydrogen-bond acceptors (Lipinski definition) is 2. The van der Waals surface area contributed by atoms with Gasteiger partial charge in [-0.1, -0.05) is 26.0 Å². The third-order valence-electron chi connectivity index (χ3n) is 4.56. The number of carbonyl (C=O) groups excluding carboxylic acids is 1. The molecule has 0 amide bonds. The van der Waals surface area contributed by atoms with Crippen molar-refractivity contribution in [2.75, 3.05) is 0 Å². The summed E-state index contributed by atoms with van der Waals surface area (Å²) in [5.41, 5.74) is 1.09. The first kappa shape index (κ1) is 16.7. The van der Waals surface area contributed by atoms with Crippen molar-refractivity contribution in [3.8, 4) is 0 Å². The zero-order chi connectivity index (χ0) is 16.3. The zero-order valence-corrected chi connectivity index (χ0v) is 13.1. The van der Waals surface area contributed by atoms with Gasteiger partial charge in [-0.25, -0.2) is 4.39 Å². The highest BCUT2D eigenvalue weighted by Crippen LogP contribution is 2.38. The quantitative estimate of drug-likeness (QED) is 0.820. The molecule has 1 aromatic carbocycles. The highest BCUT2D eigenvalue weighted by Gasteiger charge is 2.26. The Morgan fingerprint density at radius 2 is 1.86 bits per heavy atom. The van der Waals surface area contributed by atoms with Gasteiger partial charge in [0, 0.05) is 17.9 Å². The predicted molar refractivity (Wildman–Crippen MR) is 82.5 cm³/mol. The normalized spacial score (nSPS) is 21.8. The first-order chi connectivity index (χ1) is 10.4. The number of rotatable bonds is 5. The van der Waals surface area contributed by atoms with E-state index in [1.54, 1.807) is 26.0 Å². The Bertz CT molecular complexity index is 557. The minimum absolute atomic E-state index is 0.0457. The molecule has 0 aromatic heterocycles. The van der Waals surface area contributed by atoms with Gasteiger partial charge in [-0.05, 0) is 49.1 Å². The van der Waals surface area contributed by atoms with Gasteiger partial charge >= 0.3 is 5.97 Å². The zero-order valence-electron chi connectivity index (χ0n) is 13.1. The topological polar surface area (TPSA) is 54.4 Å². The van der Waals surface area contributed by atoms with Crippen molar-refractivity contribution >= 4 is 11.8 Å². The lowest BCUT2D eigenvalue weighted by atomic mass is 9.77. The molecule has 22 heavy (non-hydrogen) atoms. The first-order valence-electron chi connectivity index (χ1n) is 7.94. The first-order valence-corrected chi connectivity index (χ1v) is 7.94. The molecule has 0 saturated heterocycles. The van der Waals surface area contributed by atoms with E-state index in [1.807, 2.05) is 0 Å². The average Bonchev–Trinajstić information content (AvgIpc) is 2.46. The molecule has 0 unspecified atom stereocenters. The minimum atomic E-state index is -0.758. The smallest absolute Gasteiger partial charge is 0.303 e. The van der Waals surface area contributed by atoms with Crippen LogP contribution >= 0.6 is 0 Å². The Morgan fingerprint density at radius 3 is 2.36 bits per heavy atom. The fourth-order valence-corrected chi connectivity index (χ4v) is 3.27. The fourth-order valence-electron chi connectivity index (χ4n) is 3.27. The van der Waals surface area contributed by atoms with E-state index in [0.29, 0.717) is 11.1 Å².